The van der Waals surface area contributed by atoms with Gasteiger partial charge in [-0.1, -0.05) is 0 Å². The zero-order chi connectivity index (χ0) is 10.4. The molecule has 1 saturated heterocycles. The van der Waals surface area contributed by atoms with Gasteiger partial charge in [-0.15, -0.1) is 0 Å². The molecule has 0 bridgehead atoms. The molecule has 0 aromatic rings. The van der Waals surface area contributed by atoms with E-state index in [-0.39, 0.29) is 12.5 Å². The summed E-state index contributed by atoms with van der Waals surface area (Å²) in [6.07, 6.45) is 3.46. The quantitative estimate of drug-likeness (QED) is 0.667. The minimum atomic E-state index is 0.102. The Morgan fingerprint density at radius 3 is 3.00 bits per heavy atom. The van der Waals surface area contributed by atoms with Gasteiger partial charge in [0.1, 0.15) is 6.61 Å². The van der Waals surface area contributed by atoms with Crippen LogP contribution in [0.5, 0.6) is 0 Å². The standard InChI is InChI=1S/C10H20N2O2/c1-9-4-2-3-6-12(9)10(13)8-14-7-5-11/h9H,2-8,11H2,1H3. The van der Waals surface area contributed by atoms with Gasteiger partial charge in [0.15, 0.2) is 0 Å². The van der Waals surface area contributed by atoms with Gasteiger partial charge in [0.05, 0.1) is 6.61 Å². The fourth-order valence-corrected chi connectivity index (χ4v) is 1.79. The van der Waals surface area contributed by atoms with E-state index in [0.29, 0.717) is 19.2 Å². The van der Waals surface area contributed by atoms with E-state index in [1.54, 1.807) is 0 Å². The predicted molar refractivity (Wildman–Crippen MR) is 54.9 cm³/mol. The summed E-state index contributed by atoms with van der Waals surface area (Å²) >= 11 is 0. The van der Waals surface area contributed by atoms with Crippen LogP contribution in [-0.4, -0.2) is 43.2 Å². The van der Waals surface area contributed by atoms with Crippen molar-refractivity contribution in [1.29, 1.82) is 0 Å². The lowest BCUT2D eigenvalue weighted by Gasteiger charge is -2.33. The maximum atomic E-state index is 11.6. The number of nitrogens with zero attached hydrogens (tertiary/aromatic N) is 1. The van der Waals surface area contributed by atoms with Gasteiger partial charge in [-0.3, -0.25) is 4.79 Å². The van der Waals surface area contributed by atoms with Crippen molar-refractivity contribution in [2.75, 3.05) is 26.3 Å². The summed E-state index contributed by atoms with van der Waals surface area (Å²) in [7, 11) is 0. The third kappa shape index (κ3) is 3.27. The highest BCUT2D eigenvalue weighted by atomic mass is 16.5. The Hall–Kier alpha value is -0.610. The first kappa shape index (κ1) is 11.5. The van der Waals surface area contributed by atoms with Gasteiger partial charge in [0.2, 0.25) is 5.91 Å². The van der Waals surface area contributed by atoms with E-state index in [1.807, 2.05) is 4.90 Å². The number of hydrogen-bond acceptors (Lipinski definition) is 3. The number of rotatable bonds is 4. The van der Waals surface area contributed by atoms with E-state index in [9.17, 15) is 4.79 Å². The Bertz CT molecular complexity index is 185. The van der Waals surface area contributed by atoms with E-state index in [2.05, 4.69) is 6.92 Å². The molecule has 0 aromatic carbocycles. The summed E-state index contributed by atoms with van der Waals surface area (Å²) < 4.78 is 5.13. The van der Waals surface area contributed by atoms with Gasteiger partial charge in [-0.05, 0) is 26.2 Å². The van der Waals surface area contributed by atoms with Crippen molar-refractivity contribution in [3.8, 4) is 0 Å². The number of hydrogen-bond donors (Lipinski definition) is 1. The molecule has 4 heteroatoms. The monoisotopic (exact) mass is 200 g/mol. The van der Waals surface area contributed by atoms with Crippen LogP contribution >= 0.6 is 0 Å². The minimum Gasteiger partial charge on any atom is -0.370 e. The smallest absolute Gasteiger partial charge is 0.248 e. The average Bonchev–Trinajstić information content (AvgIpc) is 2.18. The molecule has 1 atom stereocenters. The normalized spacial score (nSPS) is 22.4. The lowest BCUT2D eigenvalue weighted by Crippen LogP contribution is -2.43. The first-order valence-electron chi connectivity index (χ1n) is 5.33. The molecular weight excluding hydrogens is 180 g/mol. The predicted octanol–water partition coefficient (Wildman–Crippen LogP) is 0.363. The van der Waals surface area contributed by atoms with Crippen LogP contribution in [0, 0.1) is 0 Å². The molecule has 82 valence electrons. The van der Waals surface area contributed by atoms with Crippen LogP contribution < -0.4 is 5.73 Å². The molecule has 1 unspecified atom stereocenters. The number of piperidine rings is 1. The van der Waals surface area contributed by atoms with Crippen molar-refractivity contribution in [3.05, 3.63) is 0 Å². The molecule has 1 fully saturated rings. The molecule has 1 aliphatic heterocycles. The van der Waals surface area contributed by atoms with Crippen LogP contribution in [0.1, 0.15) is 26.2 Å². The molecule has 0 aromatic heterocycles. The van der Waals surface area contributed by atoms with Crippen LogP contribution in [0.25, 0.3) is 0 Å². The molecule has 1 heterocycles. The van der Waals surface area contributed by atoms with Gasteiger partial charge in [0.25, 0.3) is 0 Å². The minimum absolute atomic E-state index is 0.102. The molecule has 4 nitrogen and oxygen atoms in total. The van der Waals surface area contributed by atoms with E-state index >= 15 is 0 Å². The second-order valence-electron chi connectivity index (χ2n) is 3.77. The topological polar surface area (TPSA) is 55.6 Å². The summed E-state index contributed by atoms with van der Waals surface area (Å²) in [6, 6.07) is 0.373. The molecule has 0 radical (unpaired) electrons. The summed E-state index contributed by atoms with van der Waals surface area (Å²) in [5, 5.41) is 0. The molecule has 0 aliphatic carbocycles. The summed E-state index contributed by atoms with van der Waals surface area (Å²) in [4.78, 5) is 13.6. The molecule has 1 rings (SSSR count). The number of carbonyl (C=O) groups is 1. The molecular formula is C10H20N2O2. The van der Waals surface area contributed by atoms with Crippen LogP contribution in [0.4, 0.5) is 0 Å². The van der Waals surface area contributed by atoms with Crippen LogP contribution in [0.15, 0.2) is 0 Å². The first-order valence-corrected chi connectivity index (χ1v) is 5.33. The average molecular weight is 200 g/mol. The number of ether oxygens (including phenoxy) is 1. The second-order valence-corrected chi connectivity index (χ2v) is 3.77. The van der Waals surface area contributed by atoms with Crippen molar-refractivity contribution < 1.29 is 9.53 Å². The summed E-state index contributed by atoms with van der Waals surface area (Å²) in [5.41, 5.74) is 5.27. The highest BCUT2D eigenvalue weighted by Gasteiger charge is 2.22. The first-order chi connectivity index (χ1) is 6.75. The fraction of sp³-hybridized carbons (Fsp3) is 0.900. The molecule has 14 heavy (non-hydrogen) atoms. The van der Waals surface area contributed by atoms with Crippen molar-refractivity contribution in [3.63, 3.8) is 0 Å². The zero-order valence-corrected chi connectivity index (χ0v) is 8.87. The van der Waals surface area contributed by atoms with E-state index in [0.717, 1.165) is 19.4 Å². The highest BCUT2D eigenvalue weighted by Crippen LogP contribution is 2.16. The van der Waals surface area contributed by atoms with Crippen molar-refractivity contribution >= 4 is 5.91 Å². The van der Waals surface area contributed by atoms with E-state index in [1.165, 1.54) is 6.42 Å². The van der Waals surface area contributed by atoms with Crippen molar-refractivity contribution in [1.82, 2.24) is 4.90 Å². The van der Waals surface area contributed by atoms with Gasteiger partial charge < -0.3 is 15.4 Å². The highest BCUT2D eigenvalue weighted by molar-refractivity contribution is 5.77. The third-order valence-electron chi connectivity index (χ3n) is 2.61. The Morgan fingerprint density at radius 1 is 1.57 bits per heavy atom. The summed E-state index contributed by atoms with van der Waals surface area (Å²) in [5.74, 6) is 0.102. The number of amides is 1. The van der Waals surface area contributed by atoms with Crippen LogP contribution in [0.2, 0.25) is 0 Å². The van der Waals surface area contributed by atoms with Crippen LogP contribution in [0.3, 0.4) is 0 Å². The number of nitrogens with two attached hydrogens (primary N) is 1. The molecule has 2 N–H and O–H groups in total. The van der Waals surface area contributed by atoms with Gasteiger partial charge in [-0.25, -0.2) is 0 Å². The number of carbonyl (C=O) groups excluding carboxylic acids is 1. The second kappa shape index (κ2) is 5.98. The number of likely N-dealkylation sites (tertiary alicyclic amines) is 1. The largest absolute Gasteiger partial charge is 0.370 e. The lowest BCUT2D eigenvalue weighted by atomic mass is 10.0. The zero-order valence-electron chi connectivity index (χ0n) is 8.87. The maximum absolute atomic E-state index is 11.6. The fourth-order valence-electron chi connectivity index (χ4n) is 1.79. The maximum Gasteiger partial charge on any atom is 0.248 e. The molecule has 1 amide bonds. The van der Waals surface area contributed by atoms with Crippen LogP contribution in [-0.2, 0) is 9.53 Å². The molecule has 1 aliphatic rings. The van der Waals surface area contributed by atoms with Gasteiger partial charge >= 0.3 is 0 Å². The van der Waals surface area contributed by atoms with Gasteiger partial charge in [0, 0.05) is 19.1 Å². The molecule has 0 spiro atoms. The lowest BCUT2D eigenvalue weighted by molar-refractivity contribution is -0.139. The summed E-state index contributed by atoms with van der Waals surface area (Å²) in [6.45, 7) is 4.10. The van der Waals surface area contributed by atoms with Crippen molar-refractivity contribution in [2.24, 2.45) is 5.73 Å². The van der Waals surface area contributed by atoms with E-state index in [4.69, 9.17) is 10.5 Å². The van der Waals surface area contributed by atoms with Crippen molar-refractivity contribution in [2.45, 2.75) is 32.2 Å². The Balaban J connectivity index is 2.27. The Labute approximate surface area is 85.4 Å². The third-order valence-corrected chi connectivity index (χ3v) is 2.61. The van der Waals surface area contributed by atoms with Gasteiger partial charge in [-0.2, -0.15) is 0 Å². The molecule has 0 saturated carbocycles. The van der Waals surface area contributed by atoms with E-state index < -0.39 is 0 Å². The Kier molecular flexibility index (Phi) is 4.90. The SMILES string of the molecule is CC1CCCCN1C(=O)COCCN. The Morgan fingerprint density at radius 2 is 2.36 bits per heavy atom.